The largest absolute Gasteiger partial charge is 0.330 e. The molecule has 0 amide bonds. The van der Waals surface area contributed by atoms with Crippen LogP contribution in [0.5, 0.6) is 0 Å². The number of hydrogen-bond donors (Lipinski definition) is 1. The van der Waals surface area contributed by atoms with Gasteiger partial charge < -0.3 is 5.73 Å². The van der Waals surface area contributed by atoms with E-state index in [1.807, 2.05) is 0 Å². The maximum absolute atomic E-state index is 5.81. The summed E-state index contributed by atoms with van der Waals surface area (Å²) in [5.41, 5.74) is 11.5. The molecule has 2 nitrogen and oxygen atoms in total. The van der Waals surface area contributed by atoms with Crippen molar-refractivity contribution >= 4 is 0 Å². The highest BCUT2D eigenvalue weighted by atomic mass is 15.2. The summed E-state index contributed by atoms with van der Waals surface area (Å²) in [5.74, 6) is 0.658. The third-order valence-electron chi connectivity index (χ3n) is 4.18. The standard InChI is InChI=1S/C15H24N2/c1-10-5-11(2)12(3)14(6-10)15-7-13(8-16)9-17(15)4/h5-6,13,15H,7-9,16H2,1-4H3. The molecule has 2 atom stereocenters. The second-order valence-electron chi connectivity index (χ2n) is 5.59. The van der Waals surface area contributed by atoms with Crippen molar-refractivity contribution in [3.8, 4) is 0 Å². The van der Waals surface area contributed by atoms with Crippen molar-refractivity contribution in [2.45, 2.75) is 33.2 Å². The lowest BCUT2D eigenvalue weighted by Crippen LogP contribution is -2.21. The van der Waals surface area contributed by atoms with Crippen LogP contribution in [0.4, 0.5) is 0 Å². The van der Waals surface area contributed by atoms with Gasteiger partial charge in [0, 0.05) is 12.6 Å². The molecule has 0 bridgehead atoms. The Balaban J connectivity index is 2.34. The zero-order valence-electron chi connectivity index (χ0n) is 11.5. The van der Waals surface area contributed by atoms with Crippen LogP contribution in [0.3, 0.4) is 0 Å². The molecule has 94 valence electrons. The van der Waals surface area contributed by atoms with Gasteiger partial charge in [-0.15, -0.1) is 0 Å². The van der Waals surface area contributed by atoms with E-state index in [0.717, 1.165) is 13.1 Å². The van der Waals surface area contributed by atoms with Crippen molar-refractivity contribution in [2.75, 3.05) is 20.1 Å². The van der Waals surface area contributed by atoms with Gasteiger partial charge in [0.15, 0.2) is 0 Å². The van der Waals surface area contributed by atoms with Gasteiger partial charge in [-0.1, -0.05) is 17.7 Å². The van der Waals surface area contributed by atoms with E-state index in [0.29, 0.717) is 12.0 Å². The van der Waals surface area contributed by atoms with Gasteiger partial charge in [-0.3, -0.25) is 4.90 Å². The molecular weight excluding hydrogens is 208 g/mol. The molecule has 1 aromatic rings. The number of rotatable bonds is 2. The summed E-state index contributed by atoms with van der Waals surface area (Å²) in [5, 5.41) is 0. The first-order valence-corrected chi connectivity index (χ1v) is 6.51. The fourth-order valence-corrected chi connectivity index (χ4v) is 3.06. The first-order valence-electron chi connectivity index (χ1n) is 6.51. The minimum absolute atomic E-state index is 0.558. The van der Waals surface area contributed by atoms with Crippen LogP contribution in [0, 0.1) is 26.7 Å². The quantitative estimate of drug-likeness (QED) is 0.849. The van der Waals surface area contributed by atoms with Gasteiger partial charge in [0.25, 0.3) is 0 Å². The fourth-order valence-electron chi connectivity index (χ4n) is 3.06. The lowest BCUT2D eigenvalue weighted by Gasteiger charge is -2.23. The molecular formula is C15H24N2. The van der Waals surface area contributed by atoms with Crippen molar-refractivity contribution < 1.29 is 0 Å². The van der Waals surface area contributed by atoms with Gasteiger partial charge in [0.1, 0.15) is 0 Å². The number of benzene rings is 1. The highest BCUT2D eigenvalue weighted by Crippen LogP contribution is 2.36. The number of likely N-dealkylation sites (tertiary alicyclic amines) is 1. The lowest BCUT2D eigenvalue weighted by molar-refractivity contribution is 0.312. The Morgan fingerprint density at radius 2 is 2.00 bits per heavy atom. The molecule has 2 rings (SSSR count). The average molecular weight is 232 g/mol. The van der Waals surface area contributed by atoms with Crippen LogP contribution >= 0.6 is 0 Å². The zero-order chi connectivity index (χ0) is 12.6. The van der Waals surface area contributed by atoms with Gasteiger partial charge in [-0.05, 0) is 63.4 Å². The third-order valence-corrected chi connectivity index (χ3v) is 4.18. The maximum atomic E-state index is 5.81. The lowest BCUT2D eigenvalue weighted by atomic mass is 9.92. The number of nitrogens with two attached hydrogens (primary N) is 1. The summed E-state index contributed by atoms with van der Waals surface area (Å²) >= 11 is 0. The topological polar surface area (TPSA) is 29.3 Å². The average Bonchev–Trinajstić information content (AvgIpc) is 2.65. The van der Waals surface area contributed by atoms with E-state index in [2.05, 4.69) is 44.9 Å². The molecule has 1 saturated heterocycles. The molecule has 0 saturated carbocycles. The molecule has 2 unspecified atom stereocenters. The summed E-state index contributed by atoms with van der Waals surface area (Å²) < 4.78 is 0. The second kappa shape index (κ2) is 4.79. The Morgan fingerprint density at radius 1 is 1.29 bits per heavy atom. The molecule has 1 aliphatic rings. The summed E-state index contributed by atoms with van der Waals surface area (Å²) in [4.78, 5) is 2.46. The molecule has 0 aliphatic carbocycles. The SMILES string of the molecule is Cc1cc(C)c(C)c(C2CC(CN)CN2C)c1. The Hall–Kier alpha value is -0.860. The van der Waals surface area contributed by atoms with E-state index >= 15 is 0 Å². The van der Waals surface area contributed by atoms with E-state index in [-0.39, 0.29) is 0 Å². The number of hydrogen-bond acceptors (Lipinski definition) is 2. The smallest absolute Gasteiger partial charge is 0.0351 e. The van der Waals surface area contributed by atoms with Crippen molar-refractivity contribution in [1.29, 1.82) is 0 Å². The van der Waals surface area contributed by atoms with Crippen LogP contribution in [-0.2, 0) is 0 Å². The first kappa shape index (κ1) is 12.6. The van der Waals surface area contributed by atoms with Gasteiger partial charge in [0.05, 0.1) is 0 Å². The Kier molecular flexibility index (Phi) is 3.55. The Bertz CT molecular complexity index is 412. The van der Waals surface area contributed by atoms with E-state index in [9.17, 15) is 0 Å². The van der Waals surface area contributed by atoms with Crippen molar-refractivity contribution in [1.82, 2.24) is 4.90 Å². The molecule has 1 heterocycles. The zero-order valence-corrected chi connectivity index (χ0v) is 11.5. The van der Waals surface area contributed by atoms with Crippen LogP contribution in [0.25, 0.3) is 0 Å². The van der Waals surface area contributed by atoms with Gasteiger partial charge >= 0.3 is 0 Å². The van der Waals surface area contributed by atoms with Crippen molar-refractivity contribution in [3.05, 3.63) is 34.4 Å². The predicted molar refractivity (Wildman–Crippen MR) is 73.2 cm³/mol. The summed E-state index contributed by atoms with van der Waals surface area (Å²) in [6.45, 7) is 8.58. The fraction of sp³-hybridized carbons (Fsp3) is 0.600. The van der Waals surface area contributed by atoms with Crippen LogP contribution in [0.15, 0.2) is 12.1 Å². The van der Waals surface area contributed by atoms with E-state index in [1.165, 1.54) is 28.7 Å². The first-order chi connectivity index (χ1) is 8.02. The Labute approximate surface area is 105 Å². The minimum Gasteiger partial charge on any atom is -0.330 e. The molecule has 0 radical (unpaired) electrons. The Morgan fingerprint density at radius 3 is 2.59 bits per heavy atom. The van der Waals surface area contributed by atoms with Crippen LogP contribution in [0.1, 0.15) is 34.7 Å². The predicted octanol–water partition coefficient (Wildman–Crippen LogP) is 2.56. The monoisotopic (exact) mass is 232 g/mol. The number of aryl methyl sites for hydroxylation is 2. The van der Waals surface area contributed by atoms with Gasteiger partial charge in [-0.25, -0.2) is 0 Å². The molecule has 1 fully saturated rings. The van der Waals surface area contributed by atoms with E-state index < -0.39 is 0 Å². The second-order valence-corrected chi connectivity index (χ2v) is 5.59. The number of nitrogens with zero attached hydrogens (tertiary/aromatic N) is 1. The van der Waals surface area contributed by atoms with E-state index in [1.54, 1.807) is 0 Å². The summed E-state index contributed by atoms with van der Waals surface area (Å²) in [6, 6.07) is 5.18. The van der Waals surface area contributed by atoms with Crippen LogP contribution < -0.4 is 5.73 Å². The highest BCUT2D eigenvalue weighted by molar-refractivity contribution is 5.39. The molecule has 2 N–H and O–H groups in total. The highest BCUT2D eigenvalue weighted by Gasteiger charge is 2.30. The molecule has 1 aromatic carbocycles. The molecule has 0 spiro atoms. The summed E-state index contributed by atoms with van der Waals surface area (Å²) in [6.07, 6.45) is 1.21. The minimum atomic E-state index is 0.558. The maximum Gasteiger partial charge on any atom is 0.0351 e. The molecule has 2 heteroatoms. The summed E-state index contributed by atoms with van der Waals surface area (Å²) in [7, 11) is 2.22. The van der Waals surface area contributed by atoms with Crippen molar-refractivity contribution in [2.24, 2.45) is 11.7 Å². The molecule has 1 aliphatic heterocycles. The third kappa shape index (κ3) is 2.38. The van der Waals surface area contributed by atoms with Gasteiger partial charge in [-0.2, -0.15) is 0 Å². The molecule has 17 heavy (non-hydrogen) atoms. The van der Waals surface area contributed by atoms with Crippen molar-refractivity contribution in [3.63, 3.8) is 0 Å². The van der Waals surface area contributed by atoms with Crippen LogP contribution in [-0.4, -0.2) is 25.0 Å². The normalized spacial score (nSPS) is 25.5. The van der Waals surface area contributed by atoms with Crippen LogP contribution in [0.2, 0.25) is 0 Å². The molecule has 0 aromatic heterocycles. The van der Waals surface area contributed by atoms with E-state index in [4.69, 9.17) is 5.73 Å². The van der Waals surface area contributed by atoms with Gasteiger partial charge in [0.2, 0.25) is 0 Å².